The SMILES string of the molecule is CSCC[C@H](NC(=O)[C@H](CCSC)NC(=O)[C@@H](N)C(C)C)C(=O)O. The summed E-state index contributed by atoms with van der Waals surface area (Å²) in [6.45, 7) is 3.65. The van der Waals surface area contributed by atoms with E-state index in [9.17, 15) is 19.5 Å². The molecule has 3 atom stereocenters. The quantitative estimate of drug-likeness (QED) is 0.390. The number of aliphatic carboxylic acids is 1. The van der Waals surface area contributed by atoms with Gasteiger partial charge in [0, 0.05) is 0 Å². The molecule has 0 aliphatic carbocycles. The number of carbonyl (C=O) groups excluding carboxylic acids is 2. The van der Waals surface area contributed by atoms with Gasteiger partial charge >= 0.3 is 5.97 Å². The third kappa shape index (κ3) is 8.79. The Morgan fingerprint density at radius 3 is 1.83 bits per heavy atom. The van der Waals surface area contributed by atoms with Crippen molar-refractivity contribution < 1.29 is 19.5 Å². The van der Waals surface area contributed by atoms with Crippen molar-refractivity contribution in [2.24, 2.45) is 11.7 Å². The third-order valence-electron chi connectivity index (χ3n) is 3.49. The molecule has 0 aromatic rings. The fourth-order valence-corrected chi connectivity index (χ4v) is 2.78. The van der Waals surface area contributed by atoms with Gasteiger partial charge in [0.25, 0.3) is 0 Å². The molecule has 9 heteroatoms. The lowest BCUT2D eigenvalue weighted by Gasteiger charge is -2.23. The van der Waals surface area contributed by atoms with Crippen LogP contribution in [0.15, 0.2) is 0 Å². The number of hydrogen-bond acceptors (Lipinski definition) is 6. The number of hydrogen-bond donors (Lipinski definition) is 4. The molecule has 5 N–H and O–H groups in total. The largest absolute Gasteiger partial charge is 0.480 e. The van der Waals surface area contributed by atoms with E-state index in [-0.39, 0.29) is 5.92 Å². The number of nitrogens with two attached hydrogens (primary N) is 1. The minimum absolute atomic E-state index is 0.0531. The summed E-state index contributed by atoms with van der Waals surface area (Å²) in [6, 6.07) is -2.45. The van der Waals surface area contributed by atoms with Gasteiger partial charge in [0.05, 0.1) is 6.04 Å². The van der Waals surface area contributed by atoms with Gasteiger partial charge in [-0.2, -0.15) is 23.5 Å². The van der Waals surface area contributed by atoms with Crippen LogP contribution in [0, 0.1) is 5.92 Å². The summed E-state index contributed by atoms with van der Waals surface area (Å²) in [5, 5.41) is 14.4. The van der Waals surface area contributed by atoms with Gasteiger partial charge in [0.1, 0.15) is 12.1 Å². The van der Waals surface area contributed by atoms with Crippen molar-refractivity contribution in [1.82, 2.24) is 10.6 Å². The van der Waals surface area contributed by atoms with Crippen LogP contribution < -0.4 is 16.4 Å². The lowest BCUT2D eigenvalue weighted by atomic mass is 10.0. The Morgan fingerprint density at radius 1 is 0.958 bits per heavy atom. The van der Waals surface area contributed by atoms with Gasteiger partial charge in [0.2, 0.25) is 11.8 Å². The first-order valence-corrected chi connectivity index (χ1v) is 10.6. The van der Waals surface area contributed by atoms with Crippen molar-refractivity contribution in [1.29, 1.82) is 0 Å². The van der Waals surface area contributed by atoms with Crippen LogP contribution in [-0.2, 0) is 14.4 Å². The zero-order valence-electron chi connectivity index (χ0n) is 14.7. The molecule has 24 heavy (non-hydrogen) atoms. The molecule has 0 heterocycles. The molecule has 0 spiro atoms. The van der Waals surface area contributed by atoms with E-state index in [1.807, 2.05) is 26.4 Å². The number of nitrogens with one attached hydrogen (secondary N) is 2. The van der Waals surface area contributed by atoms with Crippen molar-refractivity contribution in [3.05, 3.63) is 0 Å². The van der Waals surface area contributed by atoms with Crippen LogP contribution in [-0.4, -0.2) is 65.0 Å². The summed E-state index contributed by atoms with van der Waals surface area (Å²) in [6.07, 6.45) is 4.51. The maximum Gasteiger partial charge on any atom is 0.326 e. The summed E-state index contributed by atoms with van der Waals surface area (Å²) in [7, 11) is 0. The van der Waals surface area contributed by atoms with E-state index in [0.29, 0.717) is 24.3 Å². The summed E-state index contributed by atoms with van der Waals surface area (Å²) >= 11 is 3.06. The maximum atomic E-state index is 12.4. The Labute approximate surface area is 152 Å². The number of carbonyl (C=O) groups is 3. The molecule has 0 saturated heterocycles. The van der Waals surface area contributed by atoms with Crippen LogP contribution in [0.3, 0.4) is 0 Å². The Kier molecular flexibility index (Phi) is 12.0. The average molecular weight is 380 g/mol. The number of thioether (sulfide) groups is 2. The predicted molar refractivity (Wildman–Crippen MR) is 100 cm³/mol. The summed E-state index contributed by atoms with van der Waals surface area (Å²) in [4.78, 5) is 35.8. The number of amides is 2. The van der Waals surface area contributed by atoms with Gasteiger partial charge in [-0.1, -0.05) is 13.8 Å². The molecule has 0 aromatic carbocycles. The fraction of sp³-hybridized carbons (Fsp3) is 0.800. The summed E-state index contributed by atoms with van der Waals surface area (Å²) in [5.74, 6) is -0.729. The molecule has 0 unspecified atom stereocenters. The van der Waals surface area contributed by atoms with Crippen molar-refractivity contribution in [3.8, 4) is 0 Å². The highest BCUT2D eigenvalue weighted by molar-refractivity contribution is 7.98. The number of rotatable bonds is 12. The molecule has 0 aliphatic rings. The molecule has 0 bridgehead atoms. The second-order valence-electron chi connectivity index (χ2n) is 5.79. The fourth-order valence-electron chi connectivity index (χ4n) is 1.84. The highest BCUT2D eigenvalue weighted by Gasteiger charge is 2.28. The summed E-state index contributed by atoms with van der Waals surface area (Å²) < 4.78 is 0. The monoisotopic (exact) mass is 379 g/mol. The lowest BCUT2D eigenvalue weighted by molar-refractivity contribution is -0.142. The Bertz CT molecular complexity index is 422. The van der Waals surface area contributed by atoms with E-state index >= 15 is 0 Å². The molecule has 0 aliphatic heterocycles. The third-order valence-corrected chi connectivity index (χ3v) is 4.78. The molecular formula is C15H29N3O4S2. The van der Waals surface area contributed by atoms with Crippen LogP contribution in [0.5, 0.6) is 0 Å². The highest BCUT2D eigenvalue weighted by Crippen LogP contribution is 2.06. The van der Waals surface area contributed by atoms with Crippen molar-refractivity contribution in [2.75, 3.05) is 24.0 Å². The van der Waals surface area contributed by atoms with Gasteiger partial charge in [-0.25, -0.2) is 4.79 Å². The van der Waals surface area contributed by atoms with Crippen LogP contribution in [0.25, 0.3) is 0 Å². The topological polar surface area (TPSA) is 122 Å². The Morgan fingerprint density at radius 2 is 1.42 bits per heavy atom. The van der Waals surface area contributed by atoms with Crippen LogP contribution >= 0.6 is 23.5 Å². The van der Waals surface area contributed by atoms with Gasteiger partial charge in [-0.3, -0.25) is 9.59 Å². The van der Waals surface area contributed by atoms with Gasteiger partial charge in [-0.15, -0.1) is 0 Å². The molecule has 0 aromatic heterocycles. The van der Waals surface area contributed by atoms with E-state index in [1.165, 1.54) is 11.8 Å². The lowest BCUT2D eigenvalue weighted by Crippen LogP contribution is -2.55. The zero-order chi connectivity index (χ0) is 18.7. The molecule has 7 nitrogen and oxygen atoms in total. The summed E-state index contributed by atoms with van der Waals surface area (Å²) in [5.41, 5.74) is 5.81. The van der Waals surface area contributed by atoms with Crippen LogP contribution in [0.1, 0.15) is 26.7 Å². The minimum atomic E-state index is -1.08. The Balaban J connectivity index is 4.91. The molecule has 0 radical (unpaired) electrons. The van der Waals surface area contributed by atoms with Gasteiger partial charge < -0.3 is 21.5 Å². The van der Waals surface area contributed by atoms with Crippen LogP contribution in [0.4, 0.5) is 0 Å². The Hall–Kier alpha value is -0.930. The minimum Gasteiger partial charge on any atom is -0.480 e. The van der Waals surface area contributed by atoms with Crippen LogP contribution in [0.2, 0.25) is 0 Å². The first-order chi connectivity index (χ1) is 11.2. The average Bonchev–Trinajstić information content (AvgIpc) is 2.53. The number of carboxylic acid groups (broad SMARTS) is 1. The van der Waals surface area contributed by atoms with Gasteiger partial charge in [0.15, 0.2) is 0 Å². The van der Waals surface area contributed by atoms with E-state index in [4.69, 9.17) is 5.73 Å². The van der Waals surface area contributed by atoms with E-state index in [2.05, 4.69) is 10.6 Å². The highest BCUT2D eigenvalue weighted by atomic mass is 32.2. The molecule has 0 fully saturated rings. The molecule has 0 rings (SSSR count). The first-order valence-electron chi connectivity index (χ1n) is 7.81. The standard InChI is InChI=1S/C15H29N3O4S2/c1-9(2)12(16)14(20)17-10(5-7-23-3)13(19)18-11(15(21)22)6-8-24-4/h9-12H,5-8,16H2,1-4H3,(H,17,20)(H,18,19)(H,21,22)/t10-,11-,12-/m0/s1. The second-order valence-corrected chi connectivity index (χ2v) is 7.76. The second kappa shape index (κ2) is 12.4. The molecule has 140 valence electrons. The van der Waals surface area contributed by atoms with Crippen molar-refractivity contribution >= 4 is 41.3 Å². The molecule has 0 saturated carbocycles. The molecule has 2 amide bonds. The van der Waals surface area contributed by atoms with Gasteiger partial charge in [-0.05, 0) is 42.8 Å². The van der Waals surface area contributed by atoms with Crippen molar-refractivity contribution in [2.45, 2.75) is 44.8 Å². The number of carboxylic acids is 1. The normalized spacial score (nSPS) is 14.8. The smallest absolute Gasteiger partial charge is 0.326 e. The maximum absolute atomic E-state index is 12.4. The van der Waals surface area contributed by atoms with E-state index < -0.39 is 35.9 Å². The van der Waals surface area contributed by atoms with E-state index in [0.717, 1.165) is 0 Å². The van der Waals surface area contributed by atoms with E-state index in [1.54, 1.807) is 11.8 Å². The first kappa shape index (κ1) is 23.1. The predicted octanol–water partition coefficient (Wildman–Crippen LogP) is 0.530. The van der Waals surface area contributed by atoms with Crippen molar-refractivity contribution in [3.63, 3.8) is 0 Å². The molecular weight excluding hydrogens is 350 g/mol. The zero-order valence-corrected chi connectivity index (χ0v) is 16.3.